The van der Waals surface area contributed by atoms with Gasteiger partial charge in [0, 0.05) is 87.2 Å². The van der Waals surface area contributed by atoms with Crippen LogP contribution in [0.4, 0.5) is 34.1 Å². The fourth-order valence-corrected chi connectivity index (χ4v) is 13.5. The SMILES string of the molecule is C.CSC(=N)c1cccs1.I.NC(=Nc1ccc2c(c1)CCCCN2CCN1CCCCC1)c1cccs1.Nc1ccc2c(c1)CCCC(=O)N2CCN1CCCCC1.Nc1ccc2c(c1)CCCCN2CCN1CCCCC1. The molecule has 79 heavy (non-hydrogen) atoms. The van der Waals surface area contributed by atoms with Crippen molar-refractivity contribution in [2.24, 2.45) is 10.7 Å². The Kier molecular flexibility index (Phi) is 27.8. The zero-order chi connectivity index (χ0) is 53.6. The highest BCUT2D eigenvalue weighted by Gasteiger charge is 2.24. The number of carbonyl (C=O) groups is 1. The van der Waals surface area contributed by atoms with Gasteiger partial charge in [-0.15, -0.1) is 58.4 Å². The van der Waals surface area contributed by atoms with Gasteiger partial charge in [-0.05, 0) is 230 Å². The van der Waals surface area contributed by atoms with Crippen LogP contribution in [0.5, 0.6) is 0 Å². The van der Waals surface area contributed by atoms with Gasteiger partial charge in [0.2, 0.25) is 5.91 Å². The zero-order valence-corrected chi connectivity index (χ0v) is 51.5. The molecular formula is C63H94IN11OS3. The number of aliphatic imine (C=N–C) groups is 1. The molecule has 0 radical (unpaired) electrons. The monoisotopic (exact) mass is 1240 g/mol. The number of anilines is 5. The fraction of sp³-hybridized carbons (Fsp3) is 0.540. The first kappa shape index (κ1) is 64.0. The summed E-state index contributed by atoms with van der Waals surface area (Å²) in [5.41, 5.74) is 28.7. The lowest BCUT2D eigenvalue weighted by molar-refractivity contribution is -0.118. The number of thiophene rings is 2. The Morgan fingerprint density at radius 1 is 0.532 bits per heavy atom. The average Bonchev–Trinajstić information content (AvgIpc) is 4.11. The van der Waals surface area contributed by atoms with Crippen molar-refractivity contribution in [3.8, 4) is 0 Å². The maximum absolute atomic E-state index is 12.4. The van der Waals surface area contributed by atoms with E-state index in [1.807, 2.05) is 64.4 Å². The molecule has 5 aromatic rings. The fourth-order valence-electron chi connectivity index (χ4n) is 11.7. The van der Waals surface area contributed by atoms with Crippen molar-refractivity contribution in [3.63, 3.8) is 0 Å². The van der Waals surface area contributed by atoms with Gasteiger partial charge in [-0.1, -0.05) is 38.8 Å². The minimum Gasteiger partial charge on any atom is -0.399 e. The maximum atomic E-state index is 12.4. The summed E-state index contributed by atoms with van der Waals surface area (Å²) in [4.78, 5) is 34.1. The number of rotatable bonds is 12. The third-order valence-corrected chi connectivity index (χ3v) is 18.5. The molecule has 3 saturated heterocycles. The molecule has 0 aliphatic carbocycles. The number of thioether (sulfide) groups is 1. The summed E-state index contributed by atoms with van der Waals surface area (Å²) in [6.07, 6.45) is 24.1. The van der Waals surface area contributed by atoms with Gasteiger partial charge in [0.15, 0.2) is 0 Å². The van der Waals surface area contributed by atoms with E-state index in [9.17, 15) is 4.79 Å². The number of fused-ring (bicyclic) bond motifs is 3. The number of amidine groups is 1. The number of amides is 1. The number of benzene rings is 3. The Morgan fingerprint density at radius 2 is 0.975 bits per heavy atom. The minimum absolute atomic E-state index is 0. The Balaban J connectivity index is 0.000000177. The van der Waals surface area contributed by atoms with Gasteiger partial charge in [-0.2, -0.15) is 0 Å². The molecule has 7 N–H and O–H groups in total. The summed E-state index contributed by atoms with van der Waals surface area (Å²) in [5.74, 6) is 0.871. The van der Waals surface area contributed by atoms with Gasteiger partial charge in [0.1, 0.15) is 10.9 Å². The molecular weight excluding hydrogens is 1150 g/mol. The summed E-state index contributed by atoms with van der Waals surface area (Å²) < 4.78 is 0. The Labute approximate surface area is 504 Å². The van der Waals surface area contributed by atoms with Crippen LogP contribution in [0.25, 0.3) is 0 Å². The van der Waals surface area contributed by atoms with E-state index in [4.69, 9.17) is 22.6 Å². The van der Waals surface area contributed by atoms with Crippen molar-refractivity contribution in [2.75, 3.05) is 124 Å². The molecule has 0 spiro atoms. The lowest BCUT2D eigenvalue weighted by Crippen LogP contribution is -2.40. The maximum Gasteiger partial charge on any atom is 0.227 e. The number of hydrogen-bond acceptors (Lipinski definition) is 13. The molecule has 0 bridgehead atoms. The van der Waals surface area contributed by atoms with Gasteiger partial charge >= 0.3 is 0 Å². The molecule has 2 aromatic heterocycles. The van der Waals surface area contributed by atoms with Crippen molar-refractivity contribution in [1.82, 2.24) is 14.7 Å². The van der Waals surface area contributed by atoms with Crippen molar-refractivity contribution in [2.45, 2.75) is 123 Å². The summed E-state index contributed by atoms with van der Waals surface area (Å²) in [5, 5.41) is 12.0. The number of nitrogens with one attached hydrogen (secondary N) is 1. The topological polar surface area (TPSA) is 151 Å². The van der Waals surface area contributed by atoms with E-state index in [-0.39, 0.29) is 37.3 Å². The molecule has 3 aromatic carbocycles. The number of likely N-dealkylation sites (tertiary alicyclic amines) is 3. The Bertz CT molecular complexity index is 2590. The predicted octanol–water partition coefficient (Wildman–Crippen LogP) is 13.4. The van der Waals surface area contributed by atoms with Gasteiger partial charge in [-0.3, -0.25) is 10.2 Å². The van der Waals surface area contributed by atoms with Crippen LogP contribution in [0, 0.1) is 5.41 Å². The molecule has 432 valence electrons. The summed E-state index contributed by atoms with van der Waals surface area (Å²) in [7, 11) is 0. The van der Waals surface area contributed by atoms with E-state index >= 15 is 0 Å². The van der Waals surface area contributed by atoms with E-state index in [2.05, 4.69) is 65.9 Å². The lowest BCUT2D eigenvalue weighted by Gasteiger charge is -2.31. The van der Waals surface area contributed by atoms with Gasteiger partial charge in [-0.25, -0.2) is 4.99 Å². The quantitative estimate of drug-likeness (QED) is 0.0411. The van der Waals surface area contributed by atoms with Crippen molar-refractivity contribution >= 4 is 109 Å². The molecule has 0 unspecified atom stereocenters. The number of carbonyl (C=O) groups excluding carboxylic acids is 1. The standard InChI is InChI=1S/C22H30N4S.C17H25N3O.C17H27N3.C6H7NS2.CH4.HI/c23-22(21-8-6-16-27-21)24-19-9-10-20-18(17-19)7-2-5-13-26(20)15-14-25-11-3-1-4-12-25;18-15-7-8-16-14(13-15)5-4-6-17(21)20(16)12-11-19-9-2-1-3-10-19;18-16-7-8-17-15(14-16)6-2-5-11-20(17)13-12-19-9-3-1-4-10-19;1-8-6(7)5-3-2-4-9-5;;/h6,8-10,16-17H,1-5,7,11-15H2,(H2,23,24);7-8,13H,1-6,9-12,18H2;7-8,14H,1-6,9-13,18H2;2-4,7H,1H3;1H4;1H. The Morgan fingerprint density at radius 3 is 1.48 bits per heavy atom. The molecule has 3 fully saturated rings. The molecule has 11 rings (SSSR count). The number of nitrogen functional groups attached to an aromatic ring is 2. The second-order valence-corrected chi connectivity index (χ2v) is 24.3. The predicted molar refractivity (Wildman–Crippen MR) is 356 cm³/mol. The van der Waals surface area contributed by atoms with Gasteiger partial charge < -0.3 is 46.6 Å². The van der Waals surface area contributed by atoms with Crippen LogP contribution in [0.2, 0.25) is 0 Å². The normalized spacial score (nSPS) is 18.1. The van der Waals surface area contributed by atoms with E-state index in [1.165, 1.54) is 195 Å². The zero-order valence-electron chi connectivity index (χ0n) is 46.7. The number of nitrogens with zero attached hydrogens (tertiary/aromatic N) is 7. The van der Waals surface area contributed by atoms with E-state index < -0.39 is 0 Å². The smallest absolute Gasteiger partial charge is 0.227 e. The average molecular weight is 1240 g/mol. The number of nitrogens with two attached hydrogens (primary N) is 3. The van der Waals surface area contributed by atoms with Crippen molar-refractivity contribution < 1.29 is 4.79 Å². The number of aryl methyl sites for hydroxylation is 3. The molecule has 12 nitrogen and oxygen atoms in total. The summed E-state index contributed by atoms with van der Waals surface area (Å²) in [6, 6.07) is 27.0. The second kappa shape index (κ2) is 34.3. The second-order valence-electron chi connectivity index (χ2n) is 21.6. The first-order chi connectivity index (χ1) is 37.7. The van der Waals surface area contributed by atoms with Crippen LogP contribution in [0.1, 0.15) is 130 Å². The van der Waals surface area contributed by atoms with Crippen molar-refractivity contribution in [3.05, 3.63) is 116 Å². The summed E-state index contributed by atoms with van der Waals surface area (Å²) >= 11 is 4.72. The highest BCUT2D eigenvalue weighted by atomic mass is 127. The minimum atomic E-state index is 0. The first-order valence-electron chi connectivity index (χ1n) is 29.1. The van der Waals surface area contributed by atoms with Crippen LogP contribution in [-0.4, -0.2) is 129 Å². The molecule has 1 amide bonds. The number of halogens is 1. The van der Waals surface area contributed by atoms with E-state index in [0.717, 1.165) is 77.9 Å². The summed E-state index contributed by atoms with van der Waals surface area (Å²) in [6.45, 7) is 16.3. The molecule has 6 aliphatic rings. The van der Waals surface area contributed by atoms with Gasteiger partial charge in [0.05, 0.1) is 15.4 Å². The van der Waals surface area contributed by atoms with Crippen LogP contribution >= 0.6 is 58.4 Å². The highest BCUT2D eigenvalue weighted by molar-refractivity contribution is 14.0. The van der Waals surface area contributed by atoms with Crippen molar-refractivity contribution in [1.29, 1.82) is 5.41 Å². The van der Waals surface area contributed by atoms with Crippen LogP contribution in [-0.2, 0) is 24.1 Å². The molecule has 6 aliphatic heterocycles. The largest absolute Gasteiger partial charge is 0.399 e. The highest BCUT2D eigenvalue weighted by Crippen LogP contribution is 2.32. The molecule has 0 atom stereocenters. The third-order valence-electron chi connectivity index (χ3n) is 16.0. The van der Waals surface area contributed by atoms with E-state index in [0.29, 0.717) is 17.3 Å². The lowest BCUT2D eigenvalue weighted by atomic mass is 10.1. The molecule has 16 heteroatoms. The molecule has 8 heterocycles. The Hall–Kier alpha value is -4.17. The van der Waals surface area contributed by atoms with Crippen LogP contribution in [0.3, 0.4) is 0 Å². The van der Waals surface area contributed by atoms with Gasteiger partial charge in [0.25, 0.3) is 0 Å². The van der Waals surface area contributed by atoms with Crippen LogP contribution in [0.15, 0.2) is 94.6 Å². The first-order valence-corrected chi connectivity index (χ1v) is 32.1. The number of hydrogen-bond donors (Lipinski definition) is 4. The number of piperidine rings is 3. The third kappa shape index (κ3) is 20.1. The van der Waals surface area contributed by atoms with Crippen LogP contribution < -0.4 is 31.9 Å². The van der Waals surface area contributed by atoms with E-state index in [1.54, 1.807) is 22.7 Å². The molecule has 0 saturated carbocycles.